The normalized spacial score (nSPS) is 16.7. The summed E-state index contributed by atoms with van der Waals surface area (Å²) in [5, 5.41) is 11.9. The van der Waals surface area contributed by atoms with E-state index in [0.29, 0.717) is 24.3 Å². The number of aliphatic carboxylic acids is 1. The Labute approximate surface area is 123 Å². The van der Waals surface area contributed by atoms with Gasteiger partial charge in [0.1, 0.15) is 5.41 Å². The maximum absolute atomic E-state index is 12.1. The van der Waals surface area contributed by atoms with E-state index >= 15 is 0 Å². The predicted octanol–water partition coefficient (Wildman–Crippen LogP) is 1.75. The molecule has 114 valence electrons. The summed E-state index contributed by atoms with van der Waals surface area (Å²) in [5.74, 6) is -0.323. The van der Waals surface area contributed by atoms with Gasteiger partial charge in [0.15, 0.2) is 11.5 Å². The van der Waals surface area contributed by atoms with Gasteiger partial charge in [0.25, 0.3) is 0 Å². The molecule has 21 heavy (non-hydrogen) atoms. The van der Waals surface area contributed by atoms with Gasteiger partial charge in [0.2, 0.25) is 5.91 Å². The van der Waals surface area contributed by atoms with Crippen LogP contribution in [0, 0.1) is 5.41 Å². The van der Waals surface area contributed by atoms with E-state index in [1.165, 1.54) is 7.11 Å². The van der Waals surface area contributed by atoms with Crippen molar-refractivity contribution in [2.24, 2.45) is 5.41 Å². The minimum absolute atomic E-state index is 0.311. The number of carboxylic acids is 1. The fourth-order valence-corrected chi connectivity index (χ4v) is 2.20. The van der Waals surface area contributed by atoms with Crippen LogP contribution in [0.3, 0.4) is 0 Å². The molecular formula is C15H19NO5. The van der Waals surface area contributed by atoms with Crippen LogP contribution < -0.4 is 14.8 Å². The van der Waals surface area contributed by atoms with Gasteiger partial charge in [-0.05, 0) is 37.5 Å². The van der Waals surface area contributed by atoms with Crippen molar-refractivity contribution in [3.63, 3.8) is 0 Å². The molecule has 2 rings (SSSR count). The summed E-state index contributed by atoms with van der Waals surface area (Å²) in [7, 11) is 3.08. The lowest BCUT2D eigenvalue weighted by Crippen LogP contribution is -2.38. The van der Waals surface area contributed by atoms with Gasteiger partial charge in [-0.2, -0.15) is 0 Å². The molecule has 0 spiro atoms. The molecule has 1 amide bonds. The Balaban J connectivity index is 2.12. The van der Waals surface area contributed by atoms with Crippen molar-refractivity contribution in [2.45, 2.75) is 25.8 Å². The van der Waals surface area contributed by atoms with Gasteiger partial charge >= 0.3 is 5.97 Å². The first-order chi connectivity index (χ1) is 9.94. The van der Waals surface area contributed by atoms with Crippen LogP contribution >= 0.6 is 0 Å². The topological polar surface area (TPSA) is 84.9 Å². The molecule has 0 radical (unpaired) electrons. The van der Waals surface area contributed by atoms with E-state index in [9.17, 15) is 9.59 Å². The average molecular weight is 293 g/mol. The average Bonchev–Trinajstić information content (AvgIpc) is 3.28. The fourth-order valence-electron chi connectivity index (χ4n) is 2.20. The van der Waals surface area contributed by atoms with Crippen LogP contribution in [0.25, 0.3) is 0 Å². The number of rotatable bonds is 6. The molecule has 6 nitrogen and oxygen atoms in total. The Morgan fingerprint density at radius 2 is 1.86 bits per heavy atom. The van der Waals surface area contributed by atoms with Crippen LogP contribution in [0.4, 0.5) is 0 Å². The summed E-state index contributed by atoms with van der Waals surface area (Å²) < 4.78 is 10.4. The van der Waals surface area contributed by atoms with Gasteiger partial charge in [0.05, 0.1) is 20.3 Å². The summed E-state index contributed by atoms with van der Waals surface area (Å²) in [6.45, 7) is 1.80. The number of hydrogen-bond acceptors (Lipinski definition) is 4. The Morgan fingerprint density at radius 1 is 1.24 bits per heavy atom. The first kappa shape index (κ1) is 15.2. The summed E-state index contributed by atoms with van der Waals surface area (Å²) in [6.07, 6.45) is 0.791. The molecule has 1 aromatic rings. The molecule has 1 saturated carbocycles. The molecule has 0 saturated heterocycles. The van der Waals surface area contributed by atoms with Gasteiger partial charge in [-0.15, -0.1) is 0 Å². The van der Waals surface area contributed by atoms with E-state index in [4.69, 9.17) is 14.6 Å². The van der Waals surface area contributed by atoms with Crippen molar-refractivity contribution >= 4 is 11.9 Å². The molecule has 0 aliphatic heterocycles. The summed E-state index contributed by atoms with van der Waals surface area (Å²) in [4.78, 5) is 23.2. The van der Waals surface area contributed by atoms with Gasteiger partial charge in [-0.1, -0.05) is 6.07 Å². The summed E-state index contributed by atoms with van der Waals surface area (Å²) in [6, 6.07) is 5.02. The monoisotopic (exact) mass is 293 g/mol. The molecule has 1 fully saturated rings. The molecule has 6 heteroatoms. The highest BCUT2D eigenvalue weighted by molar-refractivity contribution is 6.04. The van der Waals surface area contributed by atoms with E-state index in [1.54, 1.807) is 26.2 Å². The third kappa shape index (κ3) is 2.79. The summed E-state index contributed by atoms with van der Waals surface area (Å²) >= 11 is 0. The minimum atomic E-state index is -1.23. The second kappa shape index (κ2) is 5.63. The largest absolute Gasteiger partial charge is 0.493 e. The zero-order chi connectivity index (χ0) is 15.6. The number of benzene rings is 1. The molecular weight excluding hydrogens is 274 g/mol. The lowest BCUT2D eigenvalue weighted by Gasteiger charge is -2.18. The number of carbonyl (C=O) groups is 2. The molecule has 2 N–H and O–H groups in total. The molecule has 1 atom stereocenters. The number of ether oxygens (including phenoxy) is 2. The number of hydrogen-bond donors (Lipinski definition) is 2. The third-order valence-corrected chi connectivity index (χ3v) is 3.85. The molecule has 1 aliphatic carbocycles. The van der Waals surface area contributed by atoms with Gasteiger partial charge in [-0.3, -0.25) is 9.59 Å². The Bertz CT molecular complexity index is 565. The third-order valence-electron chi connectivity index (χ3n) is 3.85. The van der Waals surface area contributed by atoms with Crippen LogP contribution in [0.15, 0.2) is 18.2 Å². The van der Waals surface area contributed by atoms with Crippen molar-refractivity contribution in [3.05, 3.63) is 23.8 Å². The predicted molar refractivity (Wildman–Crippen MR) is 75.4 cm³/mol. The van der Waals surface area contributed by atoms with E-state index in [1.807, 2.05) is 6.07 Å². The highest BCUT2D eigenvalue weighted by Gasteiger charge is 2.57. The standard InChI is InChI=1S/C15H19NO5/c1-9(16-13(17)15(6-7-15)14(18)19)10-4-5-11(20-2)12(8-10)21-3/h4-5,8-9H,6-7H2,1-3H3,(H,16,17)(H,18,19). The lowest BCUT2D eigenvalue weighted by molar-refractivity contribution is -0.149. The first-order valence-electron chi connectivity index (χ1n) is 6.71. The first-order valence-corrected chi connectivity index (χ1v) is 6.71. The molecule has 1 aliphatic rings. The molecule has 0 heterocycles. The van der Waals surface area contributed by atoms with Crippen molar-refractivity contribution < 1.29 is 24.2 Å². The number of amides is 1. The Kier molecular flexibility index (Phi) is 4.06. The maximum atomic E-state index is 12.1. The van der Waals surface area contributed by atoms with E-state index in [2.05, 4.69) is 5.32 Å². The van der Waals surface area contributed by atoms with Crippen molar-refractivity contribution in [1.82, 2.24) is 5.32 Å². The van der Waals surface area contributed by atoms with Crippen molar-refractivity contribution in [1.29, 1.82) is 0 Å². The molecule has 0 aromatic heterocycles. The lowest BCUT2D eigenvalue weighted by atomic mass is 10.0. The number of carbonyl (C=O) groups excluding carboxylic acids is 1. The Hall–Kier alpha value is -2.24. The van der Waals surface area contributed by atoms with E-state index < -0.39 is 17.3 Å². The van der Waals surface area contributed by atoms with Crippen LogP contribution in [0.1, 0.15) is 31.4 Å². The highest BCUT2D eigenvalue weighted by atomic mass is 16.5. The van der Waals surface area contributed by atoms with Gasteiger partial charge in [0, 0.05) is 0 Å². The van der Waals surface area contributed by atoms with Crippen LogP contribution in [-0.4, -0.2) is 31.2 Å². The molecule has 1 aromatic carbocycles. The van der Waals surface area contributed by atoms with Crippen LogP contribution in [-0.2, 0) is 9.59 Å². The zero-order valence-electron chi connectivity index (χ0n) is 12.3. The van der Waals surface area contributed by atoms with Gasteiger partial charge < -0.3 is 19.9 Å². The second-order valence-electron chi connectivity index (χ2n) is 5.20. The minimum Gasteiger partial charge on any atom is -0.493 e. The fraction of sp³-hybridized carbons (Fsp3) is 0.467. The second-order valence-corrected chi connectivity index (χ2v) is 5.20. The summed E-state index contributed by atoms with van der Waals surface area (Å²) in [5.41, 5.74) is -0.410. The Morgan fingerprint density at radius 3 is 2.33 bits per heavy atom. The molecule has 1 unspecified atom stereocenters. The van der Waals surface area contributed by atoms with E-state index in [0.717, 1.165) is 5.56 Å². The zero-order valence-corrected chi connectivity index (χ0v) is 12.3. The highest BCUT2D eigenvalue weighted by Crippen LogP contribution is 2.46. The number of nitrogens with one attached hydrogen (secondary N) is 1. The van der Waals surface area contributed by atoms with Crippen molar-refractivity contribution in [2.75, 3.05) is 14.2 Å². The quantitative estimate of drug-likeness (QED) is 0.780. The van der Waals surface area contributed by atoms with E-state index in [-0.39, 0.29) is 6.04 Å². The SMILES string of the molecule is COc1ccc(C(C)NC(=O)C2(C(=O)O)CC2)cc1OC. The van der Waals surface area contributed by atoms with Crippen LogP contribution in [0.2, 0.25) is 0 Å². The van der Waals surface area contributed by atoms with Crippen LogP contribution in [0.5, 0.6) is 11.5 Å². The maximum Gasteiger partial charge on any atom is 0.319 e. The molecule has 0 bridgehead atoms. The number of carboxylic acid groups (broad SMARTS) is 1. The van der Waals surface area contributed by atoms with Crippen molar-refractivity contribution in [3.8, 4) is 11.5 Å². The smallest absolute Gasteiger partial charge is 0.319 e. The number of methoxy groups -OCH3 is 2. The van der Waals surface area contributed by atoms with Gasteiger partial charge in [-0.25, -0.2) is 0 Å².